The van der Waals surface area contributed by atoms with E-state index in [1.807, 2.05) is 0 Å². The molecule has 0 amide bonds. The van der Waals surface area contributed by atoms with Crippen molar-refractivity contribution < 1.29 is 13.5 Å². The molecule has 1 aliphatic rings. The molecule has 0 spiro atoms. The standard InChI is InChI=1S/C7H15NO3S/c8-7-2-4-12(10,11)3-1-6(7)5-9/h6-7,9H,1-5,8H2. The molecule has 0 aliphatic carbocycles. The Morgan fingerprint density at radius 1 is 1.33 bits per heavy atom. The van der Waals surface area contributed by atoms with Gasteiger partial charge in [-0.1, -0.05) is 0 Å². The van der Waals surface area contributed by atoms with E-state index in [-0.39, 0.29) is 30.1 Å². The molecule has 1 saturated heterocycles. The summed E-state index contributed by atoms with van der Waals surface area (Å²) in [6, 6.07) is -0.160. The fourth-order valence-corrected chi connectivity index (χ4v) is 2.92. The monoisotopic (exact) mass is 193 g/mol. The molecule has 0 aromatic rings. The highest BCUT2D eigenvalue weighted by Gasteiger charge is 2.25. The van der Waals surface area contributed by atoms with Crippen molar-refractivity contribution in [2.75, 3.05) is 18.1 Å². The lowest BCUT2D eigenvalue weighted by atomic mass is 9.97. The molecule has 4 nitrogen and oxygen atoms in total. The topological polar surface area (TPSA) is 80.4 Å². The number of hydrogen-bond donors (Lipinski definition) is 2. The van der Waals surface area contributed by atoms with Crippen molar-refractivity contribution in [2.45, 2.75) is 18.9 Å². The van der Waals surface area contributed by atoms with Crippen LogP contribution in [0.15, 0.2) is 0 Å². The maximum atomic E-state index is 11.1. The minimum Gasteiger partial charge on any atom is -0.396 e. The van der Waals surface area contributed by atoms with Gasteiger partial charge in [0.05, 0.1) is 11.5 Å². The van der Waals surface area contributed by atoms with E-state index in [2.05, 4.69) is 0 Å². The van der Waals surface area contributed by atoms with Crippen LogP contribution in [-0.2, 0) is 9.84 Å². The second-order valence-corrected chi connectivity index (χ2v) is 5.64. The fraction of sp³-hybridized carbons (Fsp3) is 1.00. The van der Waals surface area contributed by atoms with Crippen LogP contribution in [0.3, 0.4) is 0 Å². The normalized spacial score (nSPS) is 35.8. The lowest BCUT2D eigenvalue weighted by Crippen LogP contribution is -2.32. The van der Waals surface area contributed by atoms with Crippen LogP contribution in [0.5, 0.6) is 0 Å². The number of aliphatic hydroxyl groups is 1. The van der Waals surface area contributed by atoms with Gasteiger partial charge in [0.25, 0.3) is 0 Å². The van der Waals surface area contributed by atoms with Crippen molar-refractivity contribution in [3.8, 4) is 0 Å². The molecule has 1 rings (SSSR count). The summed E-state index contributed by atoms with van der Waals surface area (Å²) in [5.74, 6) is 0.304. The number of hydrogen-bond acceptors (Lipinski definition) is 4. The van der Waals surface area contributed by atoms with Crippen LogP contribution < -0.4 is 5.73 Å². The van der Waals surface area contributed by atoms with Crippen molar-refractivity contribution in [1.82, 2.24) is 0 Å². The number of nitrogens with two attached hydrogens (primary N) is 1. The molecule has 0 bridgehead atoms. The first-order valence-corrected chi connectivity index (χ1v) is 5.94. The highest BCUT2D eigenvalue weighted by molar-refractivity contribution is 7.91. The molecule has 0 radical (unpaired) electrons. The Hall–Kier alpha value is -0.130. The van der Waals surface area contributed by atoms with Crippen LogP contribution >= 0.6 is 0 Å². The predicted molar refractivity (Wildman–Crippen MR) is 46.4 cm³/mol. The van der Waals surface area contributed by atoms with Gasteiger partial charge in [0.15, 0.2) is 0 Å². The van der Waals surface area contributed by atoms with Crippen molar-refractivity contribution in [2.24, 2.45) is 11.7 Å². The van der Waals surface area contributed by atoms with Crippen LogP contribution in [0.4, 0.5) is 0 Å². The third-order valence-corrected chi connectivity index (χ3v) is 4.12. The van der Waals surface area contributed by atoms with E-state index < -0.39 is 9.84 Å². The number of rotatable bonds is 1. The summed E-state index contributed by atoms with van der Waals surface area (Å²) in [6.07, 6.45) is 0.980. The largest absolute Gasteiger partial charge is 0.396 e. The Labute approximate surface area is 72.7 Å². The van der Waals surface area contributed by atoms with E-state index >= 15 is 0 Å². The Kier molecular flexibility index (Phi) is 3.09. The molecule has 5 heteroatoms. The summed E-state index contributed by atoms with van der Waals surface area (Å²) in [7, 11) is -2.89. The average Bonchev–Trinajstić information content (AvgIpc) is 2.13. The van der Waals surface area contributed by atoms with Crippen LogP contribution in [0.1, 0.15) is 12.8 Å². The first-order valence-electron chi connectivity index (χ1n) is 4.12. The van der Waals surface area contributed by atoms with Crippen LogP contribution in [-0.4, -0.2) is 37.7 Å². The molecule has 1 fully saturated rings. The second-order valence-electron chi connectivity index (χ2n) is 3.34. The van der Waals surface area contributed by atoms with Gasteiger partial charge < -0.3 is 10.8 Å². The number of sulfone groups is 1. The van der Waals surface area contributed by atoms with Crippen LogP contribution in [0.2, 0.25) is 0 Å². The second kappa shape index (κ2) is 3.72. The highest BCUT2D eigenvalue weighted by atomic mass is 32.2. The minimum atomic E-state index is -2.89. The summed E-state index contributed by atoms with van der Waals surface area (Å²) in [5.41, 5.74) is 5.69. The summed E-state index contributed by atoms with van der Waals surface area (Å²) >= 11 is 0. The Balaban J connectivity index is 2.65. The molecule has 3 N–H and O–H groups in total. The van der Waals surface area contributed by atoms with Gasteiger partial charge in [-0.3, -0.25) is 0 Å². The Morgan fingerprint density at radius 3 is 2.50 bits per heavy atom. The highest BCUT2D eigenvalue weighted by Crippen LogP contribution is 2.17. The third-order valence-electron chi connectivity index (χ3n) is 2.40. The SMILES string of the molecule is NC1CCS(=O)(=O)CCC1CO. The molecule has 0 aromatic carbocycles. The molecular formula is C7H15NO3S. The van der Waals surface area contributed by atoms with Crippen molar-refractivity contribution in [1.29, 1.82) is 0 Å². The van der Waals surface area contributed by atoms with Gasteiger partial charge in [0.2, 0.25) is 0 Å². The Bertz CT molecular complexity index is 237. The van der Waals surface area contributed by atoms with Gasteiger partial charge in [0.1, 0.15) is 9.84 Å². The molecule has 2 atom stereocenters. The summed E-state index contributed by atoms with van der Waals surface area (Å²) in [6.45, 7) is -0.00329. The summed E-state index contributed by atoms with van der Waals surface area (Å²) in [5, 5.41) is 8.88. The first-order chi connectivity index (χ1) is 5.55. The van der Waals surface area contributed by atoms with E-state index in [1.54, 1.807) is 0 Å². The fourth-order valence-electron chi connectivity index (χ4n) is 1.43. The molecule has 2 unspecified atom stereocenters. The lowest BCUT2D eigenvalue weighted by molar-refractivity contribution is 0.201. The molecule has 72 valence electrons. The molecule has 0 saturated carbocycles. The third kappa shape index (κ3) is 2.43. The van der Waals surface area contributed by atoms with Gasteiger partial charge in [0, 0.05) is 12.6 Å². The van der Waals surface area contributed by atoms with Crippen LogP contribution in [0.25, 0.3) is 0 Å². The van der Waals surface area contributed by atoms with Gasteiger partial charge in [-0.25, -0.2) is 8.42 Å². The quantitative estimate of drug-likeness (QED) is 0.567. The molecule has 1 heterocycles. The molecule has 1 aliphatic heterocycles. The zero-order chi connectivity index (χ0) is 9.19. The van der Waals surface area contributed by atoms with Crippen molar-refractivity contribution >= 4 is 9.84 Å². The van der Waals surface area contributed by atoms with Gasteiger partial charge in [-0.05, 0) is 18.8 Å². The van der Waals surface area contributed by atoms with Crippen molar-refractivity contribution in [3.05, 3.63) is 0 Å². The Morgan fingerprint density at radius 2 is 1.92 bits per heavy atom. The molecule has 0 aromatic heterocycles. The zero-order valence-electron chi connectivity index (χ0n) is 6.94. The van der Waals surface area contributed by atoms with E-state index in [1.165, 1.54) is 0 Å². The average molecular weight is 193 g/mol. The first kappa shape index (κ1) is 9.95. The van der Waals surface area contributed by atoms with Gasteiger partial charge in [-0.2, -0.15) is 0 Å². The smallest absolute Gasteiger partial charge is 0.150 e. The van der Waals surface area contributed by atoms with E-state index in [4.69, 9.17) is 10.8 Å². The molecule has 12 heavy (non-hydrogen) atoms. The summed E-state index contributed by atoms with van der Waals surface area (Å²) < 4.78 is 22.3. The molecular weight excluding hydrogens is 178 g/mol. The zero-order valence-corrected chi connectivity index (χ0v) is 7.76. The van der Waals surface area contributed by atoms with E-state index in [0.717, 1.165) is 0 Å². The van der Waals surface area contributed by atoms with E-state index in [0.29, 0.717) is 12.8 Å². The van der Waals surface area contributed by atoms with E-state index in [9.17, 15) is 8.42 Å². The maximum absolute atomic E-state index is 11.1. The van der Waals surface area contributed by atoms with Gasteiger partial charge in [-0.15, -0.1) is 0 Å². The predicted octanol–water partition coefficient (Wildman–Crippen LogP) is -0.869. The summed E-state index contributed by atoms with van der Waals surface area (Å²) in [4.78, 5) is 0. The van der Waals surface area contributed by atoms with Crippen molar-refractivity contribution in [3.63, 3.8) is 0 Å². The lowest BCUT2D eigenvalue weighted by Gasteiger charge is -2.16. The maximum Gasteiger partial charge on any atom is 0.150 e. The van der Waals surface area contributed by atoms with Gasteiger partial charge >= 0.3 is 0 Å². The van der Waals surface area contributed by atoms with Crippen LogP contribution in [0, 0.1) is 5.92 Å². The minimum absolute atomic E-state index is 0.00329. The number of aliphatic hydroxyl groups excluding tert-OH is 1.